The number of halogens is 2. The Hall–Kier alpha value is -0.960. The first kappa shape index (κ1) is 14.1. The molecule has 0 saturated carbocycles. The zero-order valence-corrected chi connectivity index (χ0v) is 10.8. The van der Waals surface area contributed by atoms with Crippen LogP contribution < -0.4 is 5.32 Å². The Morgan fingerprint density at radius 2 is 1.82 bits per heavy atom. The van der Waals surface area contributed by atoms with Crippen molar-refractivity contribution in [2.24, 2.45) is 0 Å². The van der Waals surface area contributed by atoms with E-state index < -0.39 is 11.6 Å². The van der Waals surface area contributed by atoms with Gasteiger partial charge in [-0.15, -0.1) is 0 Å². The molecule has 0 amide bonds. The number of unbranched alkanes of at least 4 members (excludes halogenated alkanes) is 1. The summed E-state index contributed by atoms with van der Waals surface area (Å²) in [5.41, 5.74) is 1.13. The Bertz CT molecular complexity index is 361. The van der Waals surface area contributed by atoms with Gasteiger partial charge in [-0.05, 0) is 43.9 Å². The van der Waals surface area contributed by atoms with Crippen LogP contribution in [0.2, 0.25) is 0 Å². The van der Waals surface area contributed by atoms with Crippen molar-refractivity contribution in [3.63, 3.8) is 0 Å². The third-order valence-electron chi connectivity index (χ3n) is 2.75. The molecule has 0 fully saturated rings. The first-order chi connectivity index (χ1) is 8.00. The molecule has 0 saturated heterocycles. The predicted octanol–water partition coefficient (Wildman–Crippen LogP) is 3.59. The first-order valence-corrected chi connectivity index (χ1v) is 6.18. The predicted molar refractivity (Wildman–Crippen MR) is 67.2 cm³/mol. The Morgan fingerprint density at radius 3 is 2.47 bits per heavy atom. The number of aryl methyl sites for hydroxylation is 2. The molecule has 0 aliphatic carbocycles. The second-order valence-corrected chi connectivity index (χ2v) is 4.76. The van der Waals surface area contributed by atoms with Gasteiger partial charge in [-0.1, -0.05) is 19.9 Å². The monoisotopic (exact) mass is 241 g/mol. The average Bonchev–Trinajstić information content (AvgIpc) is 2.24. The van der Waals surface area contributed by atoms with Crippen LogP contribution in [0.15, 0.2) is 12.1 Å². The normalized spacial score (nSPS) is 11.2. The molecule has 3 heteroatoms. The van der Waals surface area contributed by atoms with Gasteiger partial charge in [0.15, 0.2) is 0 Å². The number of hydrogen-bond acceptors (Lipinski definition) is 1. The van der Waals surface area contributed by atoms with E-state index in [0.29, 0.717) is 23.6 Å². The number of rotatable bonds is 6. The second kappa shape index (κ2) is 6.70. The quantitative estimate of drug-likeness (QED) is 0.750. The van der Waals surface area contributed by atoms with Gasteiger partial charge in [-0.25, -0.2) is 8.78 Å². The topological polar surface area (TPSA) is 12.0 Å². The molecule has 96 valence electrons. The summed E-state index contributed by atoms with van der Waals surface area (Å²) in [7, 11) is 0. The lowest BCUT2D eigenvalue weighted by Gasteiger charge is -2.08. The van der Waals surface area contributed by atoms with E-state index in [1.807, 2.05) is 0 Å². The lowest BCUT2D eigenvalue weighted by Crippen LogP contribution is -2.23. The fourth-order valence-electron chi connectivity index (χ4n) is 1.74. The van der Waals surface area contributed by atoms with Gasteiger partial charge in [0, 0.05) is 12.1 Å². The average molecular weight is 241 g/mol. The molecule has 0 heterocycles. The van der Waals surface area contributed by atoms with Gasteiger partial charge >= 0.3 is 0 Å². The molecule has 1 N–H and O–H groups in total. The van der Waals surface area contributed by atoms with E-state index in [2.05, 4.69) is 19.2 Å². The smallest absolute Gasteiger partial charge is 0.129 e. The molecule has 1 nitrogen and oxygen atoms in total. The minimum atomic E-state index is -0.465. The van der Waals surface area contributed by atoms with E-state index in [4.69, 9.17) is 0 Å². The molecular weight excluding hydrogens is 220 g/mol. The van der Waals surface area contributed by atoms with Crippen LogP contribution in [0.25, 0.3) is 0 Å². The third-order valence-corrected chi connectivity index (χ3v) is 2.75. The maximum atomic E-state index is 13.4. The molecule has 0 aliphatic rings. The first-order valence-electron chi connectivity index (χ1n) is 6.18. The number of hydrogen-bond donors (Lipinski definition) is 1. The Balaban J connectivity index is 2.39. The van der Waals surface area contributed by atoms with Crippen molar-refractivity contribution in [2.75, 3.05) is 6.54 Å². The van der Waals surface area contributed by atoms with Crippen molar-refractivity contribution in [3.05, 3.63) is 34.9 Å². The highest BCUT2D eigenvalue weighted by Crippen LogP contribution is 2.16. The summed E-state index contributed by atoms with van der Waals surface area (Å²) < 4.78 is 26.5. The van der Waals surface area contributed by atoms with Gasteiger partial charge < -0.3 is 5.32 Å². The summed E-state index contributed by atoms with van der Waals surface area (Å²) in [6.07, 6.45) is 2.60. The Morgan fingerprint density at radius 1 is 1.12 bits per heavy atom. The molecule has 0 atom stereocenters. The highest BCUT2D eigenvalue weighted by Gasteiger charge is 2.06. The van der Waals surface area contributed by atoms with Crippen LogP contribution in [0.4, 0.5) is 8.78 Å². The van der Waals surface area contributed by atoms with Crippen LogP contribution in [0.5, 0.6) is 0 Å². The van der Waals surface area contributed by atoms with Crippen LogP contribution in [0.1, 0.15) is 37.8 Å². The molecule has 0 bridgehead atoms. The van der Waals surface area contributed by atoms with E-state index in [1.165, 1.54) is 0 Å². The van der Waals surface area contributed by atoms with Gasteiger partial charge in [0.1, 0.15) is 11.6 Å². The van der Waals surface area contributed by atoms with E-state index in [1.54, 1.807) is 13.0 Å². The van der Waals surface area contributed by atoms with Gasteiger partial charge in [-0.2, -0.15) is 0 Å². The van der Waals surface area contributed by atoms with Crippen LogP contribution >= 0.6 is 0 Å². The van der Waals surface area contributed by atoms with E-state index in [0.717, 1.165) is 25.5 Å². The standard InChI is InChI=1S/C14H21F2N/c1-10(2)17-7-5-4-6-12-8-11(3)13(15)9-14(12)16/h8-10,17H,4-7H2,1-3H3. The SMILES string of the molecule is Cc1cc(CCCCNC(C)C)c(F)cc1F. The highest BCUT2D eigenvalue weighted by molar-refractivity contribution is 5.25. The second-order valence-electron chi connectivity index (χ2n) is 4.76. The van der Waals surface area contributed by atoms with Crippen LogP contribution in [0, 0.1) is 18.6 Å². The van der Waals surface area contributed by atoms with Gasteiger partial charge in [0.05, 0.1) is 0 Å². The van der Waals surface area contributed by atoms with Crippen molar-refractivity contribution in [3.8, 4) is 0 Å². The summed E-state index contributed by atoms with van der Waals surface area (Å²) >= 11 is 0. The molecule has 0 aromatic heterocycles. The molecular formula is C14H21F2N. The van der Waals surface area contributed by atoms with E-state index in [-0.39, 0.29) is 0 Å². The van der Waals surface area contributed by atoms with Crippen molar-refractivity contribution in [1.29, 1.82) is 0 Å². The van der Waals surface area contributed by atoms with Crippen molar-refractivity contribution >= 4 is 0 Å². The zero-order valence-electron chi connectivity index (χ0n) is 10.8. The highest BCUT2D eigenvalue weighted by atomic mass is 19.1. The molecule has 0 unspecified atom stereocenters. The van der Waals surface area contributed by atoms with Crippen LogP contribution in [-0.2, 0) is 6.42 Å². The summed E-state index contributed by atoms with van der Waals surface area (Å²) in [5, 5.41) is 3.31. The van der Waals surface area contributed by atoms with Crippen LogP contribution in [0.3, 0.4) is 0 Å². The van der Waals surface area contributed by atoms with Gasteiger partial charge in [-0.3, -0.25) is 0 Å². The fraction of sp³-hybridized carbons (Fsp3) is 0.571. The van der Waals surface area contributed by atoms with Crippen LogP contribution in [-0.4, -0.2) is 12.6 Å². The van der Waals surface area contributed by atoms with E-state index in [9.17, 15) is 8.78 Å². The molecule has 0 aliphatic heterocycles. The maximum Gasteiger partial charge on any atom is 0.129 e. The molecule has 1 rings (SSSR count). The Labute approximate surface area is 102 Å². The van der Waals surface area contributed by atoms with Crippen molar-refractivity contribution < 1.29 is 8.78 Å². The molecule has 17 heavy (non-hydrogen) atoms. The van der Waals surface area contributed by atoms with Gasteiger partial charge in [0.25, 0.3) is 0 Å². The molecule has 0 spiro atoms. The Kier molecular flexibility index (Phi) is 5.56. The number of benzene rings is 1. The lowest BCUT2D eigenvalue weighted by molar-refractivity contribution is 0.543. The van der Waals surface area contributed by atoms with Gasteiger partial charge in [0.2, 0.25) is 0 Å². The largest absolute Gasteiger partial charge is 0.315 e. The molecule has 1 aromatic carbocycles. The minimum Gasteiger partial charge on any atom is -0.315 e. The molecule has 1 aromatic rings. The molecule has 0 radical (unpaired) electrons. The summed E-state index contributed by atoms with van der Waals surface area (Å²) in [4.78, 5) is 0. The maximum absolute atomic E-state index is 13.4. The van der Waals surface area contributed by atoms with E-state index >= 15 is 0 Å². The summed E-state index contributed by atoms with van der Waals surface area (Å²) in [6.45, 7) is 6.81. The number of nitrogens with one attached hydrogen (secondary N) is 1. The summed E-state index contributed by atoms with van der Waals surface area (Å²) in [6, 6.07) is 3.08. The fourth-order valence-corrected chi connectivity index (χ4v) is 1.74. The lowest BCUT2D eigenvalue weighted by atomic mass is 10.0. The van der Waals surface area contributed by atoms with Crippen molar-refractivity contribution in [2.45, 2.75) is 46.1 Å². The minimum absolute atomic E-state index is 0.426. The zero-order chi connectivity index (χ0) is 12.8. The third kappa shape index (κ3) is 4.82. The van der Waals surface area contributed by atoms with Crippen molar-refractivity contribution in [1.82, 2.24) is 5.32 Å². The summed E-state index contributed by atoms with van der Waals surface area (Å²) in [5.74, 6) is -0.891.